The Morgan fingerprint density at radius 2 is 1.75 bits per heavy atom. The summed E-state index contributed by atoms with van der Waals surface area (Å²) in [5.41, 5.74) is 1.81. The molecule has 0 amide bonds. The number of imidazole rings is 1. The van der Waals surface area contributed by atoms with Crippen LogP contribution in [0.2, 0.25) is 0 Å². The molecule has 0 aromatic carbocycles. The molecule has 0 atom stereocenters. The number of piperidine rings is 1. The van der Waals surface area contributed by atoms with Crippen molar-refractivity contribution in [1.29, 1.82) is 0 Å². The molecule has 2 aliphatic rings. The Labute approximate surface area is 123 Å². The Balaban J connectivity index is 1.81. The third-order valence-corrected chi connectivity index (χ3v) is 5.46. The lowest BCUT2D eigenvalue weighted by Crippen LogP contribution is -2.39. The highest BCUT2D eigenvalue weighted by Gasteiger charge is 2.33. The van der Waals surface area contributed by atoms with Crippen molar-refractivity contribution < 1.29 is 0 Å². The Morgan fingerprint density at radius 3 is 2.45 bits per heavy atom. The zero-order valence-electron chi connectivity index (χ0n) is 12.9. The van der Waals surface area contributed by atoms with Gasteiger partial charge in [0.15, 0.2) is 0 Å². The third-order valence-electron chi connectivity index (χ3n) is 5.46. The molecule has 1 aliphatic carbocycles. The van der Waals surface area contributed by atoms with Crippen molar-refractivity contribution in [3.05, 3.63) is 18.2 Å². The molecule has 0 spiro atoms. The van der Waals surface area contributed by atoms with Gasteiger partial charge in [0.2, 0.25) is 0 Å². The van der Waals surface area contributed by atoms with Gasteiger partial charge in [-0.15, -0.1) is 0 Å². The minimum atomic E-state index is 0.324. The van der Waals surface area contributed by atoms with Crippen LogP contribution in [0.1, 0.15) is 76.4 Å². The van der Waals surface area contributed by atoms with Crippen molar-refractivity contribution in [2.45, 2.75) is 76.2 Å². The number of hydrogen-bond donors (Lipinski definition) is 1. The van der Waals surface area contributed by atoms with Gasteiger partial charge < -0.3 is 9.88 Å². The van der Waals surface area contributed by atoms with E-state index in [1.54, 1.807) is 0 Å². The van der Waals surface area contributed by atoms with E-state index in [-0.39, 0.29) is 0 Å². The summed E-state index contributed by atoms with van der Waals surface area (Å²) in [7, 11) is 0. The van der Waals surface area contributed by atoms with Gasteiger partial charge in [0.05, 0.1) is 6.33 Å². The maximum absolute atomic E-state index is 4.51. The van der Waals surface area contributed by atoms with Crippen LogP contribution in [-0.2, 0) is 5.41 Å². The van der Waals surface area contributed by atoms with E-state index in [1.807, 2.05) is 0 Å². The summed E-state index contributed by atoms with van der Waals surface area (Å²) in [6.07, 6.45) is 16.5. The standard InChI is InChI=1S/C17H29N3/c1-17(9-11-18-12-10-17)16-13-19-14-20(16)15-7-5-3-2-4-6-8-15/h13-15,18H,2-12H2,1H3. The van der Waals surface area contributed by atoms with E-state index >= 15 is 0 Å². The first-order valence-corrected chi connectivity index (χ1v) is 8.53. The highest BCUT2D eigenvalue weighted by atomic mass is 15.1. The summed E-state index contributed by atoms with van der Waals surface area (Å²) < 4.78 is 2.54. The fourth-order valence-electron chi connectivity index (χ4n) is 4.01. The number of rotatable bonds is 2. The Morgan fingerprint density at radius 1 is 1.10 bits per heavy atom. The zero-order valence-corrected chi connectivity index (χ0v) is 12.9. The van der Waals surface area contributed by atoms with E-state index in [4.69, 9.17) is 0 Å². The summed E-state index contributed by atoms with van der Waals surface area (Å²) in [4.78, 5) is 4.51. The molecule has 1 aromatic heterocycles. The van der Waals surface area contributed by atoms with Gasteiger partial charge in [0.1, 0.15) is 0 Å². The first kappa shape index (κ1) is 14.1. The van der Waals surface area contributed by atoms with E-state index in [9.17, 15) is 0 Å². The maximum Gasteiger partial charge on any atom is 0.0950 e. The maximum atomic E-state index is 4.51. The second kappa shape index (κ2) is 6.30. The van der Waals surface area contributed by atoms with E-state index in [0.29, 0.717) is 11.5 Å². The molecule has 1 aliphatic heterocycles. The number of nitrogens with zero attached hydrogens (tertiary/aromatic N) is 2. The molecule has 3 rings (SSSR count). The Hall–Kier alpha value is -0.830. The largest absolute Gasteiger partial charge is 0.331 e. The van der Waals surface area contributed by atoms with Gasteiger partial charge in [-0.3, -0.25) is 0 Å². The number of hydrogen-bond acceptors (Lipinski definition) is 2. The van der Waals surface area contributed by atoms with Gasteiger partial charge in [-0.25, -0.2) is 4.98 Å². The predicted octanol–water partition coefficient (Wildman–Crippen LogP) is 3.81. The van der Waals surface area contributed by atoms with Gasteiger partial charge in [0, 0.05) is 23.3 Å². The molecular weight excluding hydrogens is 246 g/mol. The molecule has 1 saturated heterocycles. The normalized spacial score (nSPS) is 25.1. The second-order valence-corrected chi connectivity index (χ2v) is 7.00. The Kier molecular flexibility index (Phi) is 4.45. The highest BCUT2D eigenvalue weighted by Crippen LogP contribution is 2.36. The number of aromatic nitrogens is 2. The van der Waals surface area contributed by atoms with Gasteiger partial charge in [-0.2, -0.15) is 0 Å². The van der Waals surface area contributed by atoms with Gasteiger partial charge >= 0.3 is 0 Å². The lowest BCUT2D eigenvalue weighted by atomic mass is 9.78. The SMILES string of the molecule is CC1(c2cncn2C2CCCCCCC2)CCNCC1. The Bertz CT molecular complexity index is 410. The molecule has 0 radical (unpaired) electrons. The molecule has 0 bridgehead atoms. The van der Waals surface area contributed by atoms with Crippen molar-refractivity contribution >= 4 is 0 Å². The van der Waals surface area contributed by atoms with Crippen LogP contribution < -0.4 is 5.32 Å². The zero-order chi connectivity index (χ0) is 13.8. The molecule has 112 valence electrons. The summed E-state index contributed by atoms with van der Waals surface area (Å²) in [5.74, 6) is 0. The lowest BCUT2D eigenvalue weighted by molar-refractivity contribution is 0.292. The average molecular weight is 275 g/mol. The minimum absolute atomic E-state index is 0.324. The third kappa shape index (κ3) is 2.93. The average Bonchev–Trinajstić information content (AvgIpc) is 2.89. The molecule has 1 N–H and O–H groups in total. The first-order valence-electron chi connectivity index (χ1n) is 8.53. The molecule has 1 saturated carbocycles. The van der Waals surface area contributed by atoms with Gasteiger partial charge in [-0.05, 0) is 38.8 Å². The molecule has 3 nitrogen and oxygen atoms in total. The van der Waals surface area contributed by atoms with E-state index in [1.165, 1.54) is 63.5 Å². The van der Waals surface area contributed by atoms with Crippen LogP contribution in [0.15, 0.2) is 12.5 Å². The molecule has 20 heavy (non-hydrogen) atoms. The van der Waals surface area contributed by atoms with E-state index in [0.717, 1.165) is 13.1 Å². The van der Waals surface area contributed by atoms with Crippen LogP contribution in [0.3, 0.4) is 0 Å². The van der Waals surface area contributed by atoms with Crippen LogP contribution in [-0.4, -0.2) is 22.6 Å². The van der Waals surface area contributed by atoms with Crippen molar-refractivity contribution in [3.63, 3.8) is 0 Å². The van der Waals surface area contributed by atoms with Crippen LogP contribution >= 0.6 is 0 Å². The van der Waals surface area contributed by atoms with Crippen molar-refractivity contribution in [2.24, 2.45) is 0 Å². The summed E-state index contributed by atoms with van der Waals surface area (Å²) in [6.45, 7) is 4.73. The fraction of sp³-hybridized carbons (Fsp3) is 0.824. The topological polar surface area (TPSA) is 29.9 Å². The van der Waals surface area contributed by atoms with Crippen molar-refractivity contribution in [2.75, 3.05) is 13.1 Å². The smallest absolute Gasteiger partial charge is 0.0950 e. The van der Waals surface area contributed by atoms with Crippen molar-refractivity contribution in [1.82, 2.24) is 14.9 Å². The van der Waals surface area contributed by atoms with E-state index < -0.39 is 0 Å². The molecule has 0 unspecified atom stereocenters. The molecular formula is C17H29N3. The summed E-state index contributed by atoms with van der Waals surface area (Å²) in [5, 5.41) is 3.49. The molecule has 1 aromatic rings. The molecule has 3 heteroatoms. The van der Waals surface area contributed by atoms with Crippen LogP contribution in [0.4, 0.5) is 0 Å². The van der Waals surface area contributed by atoms with Crippen LogP contribution in [0.25, 0.3) is 0 Å². The first-order chi connectivity index (χ1) is 9.80. The monoisotopic (exact) mass is 275 g/mol. The fourth-order valence-corrected chi connectivity index (χ4v) is 4.01. The van der Waals surface area contributed by atoms with Gasteiger partial charge in [0.25, 0.3) is 0 Å². The van der Waals surface area contributed by atoms with Crippen LogP contribution in [0, 0.1) is 0 Å². The quantitative estimate of drug-likeness (QED) is 0.889. The highest BCUT2D eigenvalue weighted by molar-refractivity contribution is 5.16. The summed E-state index contributed by atoms with van der Waals surface area (Å²) >= 11 is 0. The lowest BCUT2D eigenvalue weighted by Gasteiger charge is -2.36. The molecule has 2 heterocycles. The van der Waals surface area contributed by atoms with Gasteiger partial charge in [-0.1, -0.05) is 39.0 Å². The van der Waals surface area contributed by atoms with Crippen LogP contribution in [0.5, 0.6) is 0 Å². The minimum Gasteiger partial charge on any atom is -0.331 e. The van der Waals surface area contributed by atoms with E-state index in [2.05, 4.69) is 34.3 Å². The van der Waals surface area contributed by atoms with Crippen molar-refractivity contribution in [3.8, 4) is 0 Å². The second-order valence-electron chi connectivity index (χ2n) is 7.00. The number of nitrogens with one attached hydrogen (secondary N) is 1. The summed E-state index contributed by atoms with van der Waals surface area (Å²) in [6, 6.07) is 0.694. The molecule has 2 fully saturated rings. The predicted molar refractivity (Wildman–Crippen MR) is 83.0 cm³/mol.